The maximum Gasteiger partial charge on any atom is 0.407 e. The normalized spacial score (nSPS) is 12.6. The molecule has 110 valence electrons. The second kappa shape index (κ2) is 7.73. The fourth-order valence-corrected chi connectivity index (χ4v) is 1.92. The molecule has 0 saturated heterocycles. The van der Waals surface area contributed by atoms with Gasteiger partial charge in [-0.05, 0) is 23.3 Å². The number of alkyl carbamates (subject to hydrolysis) is 1. The highest BCUT2D eigenvalue weighted by Crippen LogP contribution is 2.28. The van der Waals surface area contributed by atoms with Gasteiger partial charge in [0.1, 0.15) is 6.61 Å². The van der Waals surface area contributed by atoms with E-state index in [0.717, 1.165) is 12.0 Å². The number of rotatable bonds is 6. The summed E-state index contributed by atoms with van der Waals surface area (Å²) in [6.45, 7) is 11.2. The van der Waals surface area contributed by atoms with Crippen LogP contribution in [0.25, 0.3) is 0 Å². The monoisotopic (exact) mass is 275 g/mol. The van der Waals surface area contributed by atoms with Gasteiger partial charge in [-0.25, -0.2) is 4.79 Å². The Morgan fingerprint density at radius 2 is 2.00 bits per heavy atom. The number of allylic oxidation sites excluding steroid dienone is 1. The standard InChI is InChI=1S/C17H25NO2/c1-5-9-15(17(2,3)4)12-18-16(19)20-13-14-10-7-6-8-11-14/h5-8,10-11,15H,1,9,12-13H2,2-4H3,(H,18,19)/t15-/m0/s1. The summed E-state index contributed by atoms with van der Waals surface area (Å²) in [5.74, 6) is 0.351. The smallest absolute Gasteiger partial charge is 0.407 e. The third-order valence-corrected chi connectivity index (χ3v) is 3.38. The molecule has 0 fully saturated rings. The maximum atomic E-state index is 11.7. The third-order valence-electron chi connectivity index (χ3n) is 3.38. The highest BCUT2D eigenvalue weighted by molar-refractivity contribution is 5.67. The van der Waals surface area contributed by atoms with Crippen LogP contribution in [0.3, 0.4) is 0 Å². The van der Waals surface area contributed by atoms with E-state index in [2.05, 4.69) is 32.7 Å². The summed E-state index contributed by atoms with van der Waals surface area (Å²) >= 11 is 0. The lowest BCUT2D eigenvalue weighted by Gasteiger charge is -2.29. The van der Waals surface area contributed by atoms with Crippen LogP contribution in [-0.4, -0.2) is 12.6 Å². The number of hydrogen-bond acceptors (Lipinski definition) is 2. The summed E-state index contributed by atoms with van der Waals surface area (Å²) in [6, 6.07) is 9.66. The summed E-state index contributed by atoms with van der Waals surface area (Å²) in [5.41, 5.74) is 1.11. The fourth-order valence-electron chi connectivity index (χ4n) is 1.92. The zero-order valence-corrected chi connectivity index (χ0v) is 12.7. The van der Waals surface area contributed by atoms with Crippen molar-refractivity contribution in [2.24, 2.45) is 11.3 Å². The Morgan fingerprint density at radius 1 is 1.35 bits per heavy atom. The van der Waals surface area contributed by atoms with Crippen LogP contribution in [0, 0.1) is 11.3 Å². The fraction of sp³-hybridized carbons (Fsp3) is 0.471. The second-order valence-corrected chi connectivity index (χ2v) is 6.03. The number of amides is 1. The van der Waals surface area contributed by atoms with Crippen molar-refractivity contribution in [3.05, 3.63) is 48.6 Å². The highest BCUT2D eigenvalue weighted by atomic mass is 16.5. The first-order valence-electron chi connectivity index (χ1n) is 6.99. The van der Waals surface area contributed by atoms with E-state index >= 15 is 0 Å². The molecular formula is C17H25NO2. The van der Waals surface area contributed by atoms with E-state index in [1.165, 1.54) is 0 Å². The number of carbonyl (C=O) groups excluding carboxylic acids is 1. The molecule has 1 N–H and O–H groups in total. The number of nitrogens with one attached hydrogen (secondary N) is 1. The molecular weight excluding hydrogens is 250 g/mol. The van der Waals surface area contributed by atoms with Crippen LogP contribution < -0.4 is 5.32 Å². The largest absolute Gasteiger partial charge is 0.445 e. The van der Waals surface area contributed by atoms with E-state index in [1.54, 1.807) is 0 Å². The van der Waals surface area contributed by atoms with E-state index in [1.807, 2.05) is 36.4 Å². The van der Waals surface area contributed by atoms with Crippen LogP contribution in [0.15, 0.2) is 43.0 Å². The van der Waals surface area contributed by atoms with Gasteiger partial charge in [0.05, 0.1) is 0 Å². The van der Waals surface area contributed by atoms with E-state index < -0.39 is 0 Å². The summed E-state index contributed by atoms with van der Waals surface area (Å²) < 4.78 is 5.19. The van der Waals surface area contributed by atoms with Gasteiger partial charge in [0.25, 0.3) is 0 Å². The molecule has 0 spiro atoms. The molecule has 0 unspecified atom stereocenters. The first kappa shape index (κ1) is 16.3. The van der Waals surface area contributed by atoms with Crippen molar-refractivity contribution in [1.82, 2.24) is 5.32 Å². The molecule has 1 rings (SSSR count). The Morgan fingerprint density at radius 3 is 2.55 bits per heavy atom. The quantitative estimate of drug-likeness (QED) is 0.792. The van der Waals surface area contributed by atoms with Crippen LogP contribution in [0.5, 0.6) is 0 Å². The van der Waals surface area contributed by atoms with Crippen molar-refractivity contribution in [3.63, 3.8) is 0 Å². The summed E-state index contributed by atoms with van der Waals surface area (Å²) in [7, 11) is 0. The molecule has 0 aromatic heterocycles. The molecule has 1 atom stereocenters. The van der Waals surface area contributed by atoms with E-state index in [-0.39, 0.29) is 11.5 Å². The van der Waals surface area contributed by atoms with Crippen LogP contribution in [0.4, 0.5) is 4.79 Å². The molecule has 0 radical (unpaired) electrons. The lowest BCUT2D eigenvalue weighted by Crippen LogP contribution is -2.35. The van der Waals surface area contributed by atoms with Gasteiger partial charge < -0.3 is 10.1 Å². The predicted molar refractivity (Wildman–Crippen MR) is 82.4 cm³/mol. The SMILES string of the molecule is C=CC[C@@H](CNC(=O)OCc1ccccc1)C(C)(C)C. The van der Waals surface area contributed by atoms with Crippen molar-refractivity contribution in [2.75, 3.05) is 6.54 Å². The van der Waals surface area contributed by atoms with Gasteiger partial charge in [0.2, 0.25) is 0 Å². The molecule has 0 heterocycles. The van der Waals surface area contributed by atoms with Crippen molar-refractivity contribution in [1.29, 1.82) is 0 Å². The summed E-state index contributed by atoms with van der Waals surface area (Å²) in [5, 5.41) is 2.84. The van der Waals surface area contributed by atoms with Crippen molar-refractivity contribution in [3.8, 4) is 0 Å². The van der Waals surface area contributed by atoms with Crippen LogP contribution in [0.2, 0.25) is 0 Å². The van der Waals surface area contributed by atoms with Crippen LogP contribution >= 0.6 is 0 Å². The molecule has 0 saturated carbocycles. The molecule has 0 aliphatic heterocycles. The number of ether oxygens (including phenoxy) is 1. The summed E-state index contributed by atoms with van der Waals surface area (Å²) in [4.78, 5) is 11.7. The van der Waals surface area contributed by atoms with Gasteiger partial charge in [0, 0.05) is 6.54 Å². The van der Waals surface area contributed by atoms with Gasteiger partial charge in [0.15, 0.2) is 0 Å². The van der Waals surface area contributed by atoms with Crippen LogP contribution in [0.1, 0.15) is 32.8 Å². The minimum Gasteiger partial charge on any atom is -0.445 e. The van der Waals surface area contributed by atoms with E-state index in [9.17, 15) is 4.79 Å². The van der Waals surface area contributed by atoms with Crippen LogP contribution in [-0.2, 0) is 11.3 Å². The molecule has 20 heavy (non-hydrogen) atoms. The van der Waals surface area contributed by atoms with Gasteiger partial charge in [-0.3, -0.25) is 0 Å². The summed E-state index contributed by atoms with van der Waals surface area (Å²) in [6.07, 6.45) is 2.40. The number of carbonyl (C=O) groups is 1. The molecule has 0 aliphatic rings. The molecule has 1 aromatic carbocycles. The number of hydrogen-bond donors (Lipinski definition) is 1. The third kappa shape index (κ3) is 5.91. The first-order chi connectivity index (χ1) is 9.43. The predicted octanol–water partition coefficient (Wildman–Crippen LogP) is 4.15. The minimum absolute atomic E-state index is 0.126. The molecule has 0 aliphatic carbocycles. The average Bonchev–Trinajstić information content (AvgIpc) is 2.41. The zero-order chi connectivity index (χ0) is 15.0. The van der Waals surface area contributed by atoms with Gasteiger partial charge in [-0.1, -0.05) is 57.2 Å². The Kier molecular flexibility index (Phi) is 6.29. The molecule has 1 aromatic rings. The Hall–Kier alpha value is -1.77. The highest BCUT2D eigenvalue weighted by Gasteiger charge is 2.23. The van der Waals surface area contributed by atoms with Crippen molar-refractivity contribution < 1.29 is 9.53 Å². The van der Waals surface area contributed by atoms with Gasteiger partial charge in [-0.2, -0.15) is 0 Å². The molecule has 0 bridgehead atoms. The first-order valence-corrected chi connectivity index (χ1v) is 6.99. The minimum atomic E-state index is -0.368. The molecule has 1 amide bonds. The van der Waals surface area contributed by atoms with Gasteiger partial charge in [-0.15, -0.1) is 6.58 Å². The Bertz CT molecular complexity index is 420. The zero-order valence-electron chi connectivity index (χ0n) is 12.7. The lowest BCUT2D eigenvalue weighted by molar-refractivity contribution is 0.133. The number of benzene rings is 1. The molecule has 3 heteroatoms. The van der Waals surface area contributed by atoms with E-state index in [4.69, 9.17) is 4.74 Å². The topological polar surface area (TPSA) is 38.3 Å². The Balaban J connectivity index is 2.36. The average molecular weight is 275 g/mol. The van der Waals surface area contributed by atoms with Crippen molar-refractivity contribution >= 4 is 6.09 Å². The Labute approximate surface area is 122 Å². The van der Waals surface area contributed by atoms with Gasteiger partial charge >= 0.3 is 6.09 Å². The lowest BCUT2D eigenvalue weighted by atomic mass is 9.79. The molecule has 3 nitrogen and oxygen atoms in total. The van der Waals surface area contributed by atoms with E-state index in [0.29, 0.717) is 19.1 Å². The van der Waals surface area contributed by atoms with Crippen molar-refractivity contribution in [2.45, 2.75) is 33.8 Å². The maximum absolute atomic E-state index is 11.7. The second-order valence-electron chi connectivity index (χ2n) is 6.03.